The van der Waals surface area contributed by atoms with Crippen LogP contribution in [-0.4, -0.2) is 15.9 Å². The molecule has 0 fully saturated rings. The normalized spacial score (nSPS) is 17.4. The molecule has 19 heavy (non-hydrogen) atoms. The molecule has 2 heterocycles. The minimum atomic E-state index is -0.473. The third kappa shape index (κ3) is 2.13. The number of hydrogen-bond acceptors (Lipinski definition) is 4. The van der Waals surface area contributed by atoms with Crippen LogP contribution in [0.1, 0.15) is 17.3 Å². The molecule has 0 radical (unpaired) electrons. The molecule has 0 spiro atoms. The summed E-state index contributed by atoms with van der Waals surface area (Å²) in [6, 6.07) is 8.98. The van der Waals surface area contributed by atoms with Gasteiger partial charge < -0.3 is 10.6 Å². The van der Waals surface area contributed by atoms with E-state index in [0.717, 1.165) is 5.56 Å². The number of rotatable bonds is 1. The van der Waals surface area contributed by atoms with Gasteiger partial charge in [0.25, 0.3) is 5.91 Å². The van der Waals surface area contributed by atoms with Crippen LogP contribution < -0.4 is 10.6 Å². The average Bonchev–Trinajstić information content (AvgIpc) is 2.40. The van der Waals surface area contributed by atoms with Crippen molar-refractivity contribution >= 4 is 29.0 Å². The Bertz CT molecular complexity index is 645. The molecule has 6 heteroatoms. The molecule has 1 aliphatic heterocycles. The second-order valence-electron chi connectivity index (χ2n) is 4.28. The fourth-order valence-corrected chi connectivity index (χ4v) is 2.28. The Balaban J connectivity index is 2.03. The summed E-state index contributed by atoms with van der Waals surface area (Å²) in [4.78, 5) is 20.3. The van der Waals surface area contributed by atoms with Crippen molar-refractivity contribution in [3.63, 3.8) is 0 Å². The van der Waals surface area contributed by atoms with E-state index >= 15 is 0 Å². The summed E-state index contributed by atoms with van der Waals surface area (Å²) >= 11 is 5.84. The third-order valence-electron chi connectivity index (χ3n) is 2.99. The Morgan fingerprint density at radius 3 is 2.68 bits per heavy atom. The fraction of sp³-hybridized carbons (Fsp3) is 0.154. The SMILES string of the molecule is Cc1nc(Cl)nc2c1NC(=O)C(c1ccccc1)N2. The van der Waals surface area contributed by atoms with Crippen LogP contribution in [-0.2, 0) is 4.79 Å². The summed E-state index contributed by atoms with van der Waals surface area (Å²) in [5.74, 6) is 0.415. The highest BCUT2D eigenvalue weighted by atomic mass is 35.5. The topological polar surface area (TPSA) is 66.9 Å². The first-order chi connectivity index (χ1) is 9.15. The number of carbonyl (C=O) groups is 1. The zero-order valence-corrected chi connectivity index (χ0v) is 10.9. The van der Waals surface area contributed by atoms with Crippen molar-refractivity contribution < 1.29 is 4.79 Å². The predicted molar refractivity (Wildman–Crippen MR) is 73.2 cm³/mol. The number of carbonyl (C=O) groups excluding carboxylic acids is 1. The summed E-state index contributed by atoms with van der Waals surface area (Å²) in [5.41, 5.74) is 2.10. The van der Waals surface area contributed by atoms with Gasteiger partial charge in [0.2, 0.25) is 5.28 Å². The van der Waals surface area contributed by atoms with Gasteiger partial charge >= 0.3 is 0 Å². The van der Waals surface area contributed by atoms with Crippen LogP contribution in [0.4, 0.5) is 11.5 Å². The summed E-state index contributed by atoms with van der Waals surface area (Å²) in [7, 11) is 0. The number of halogens is 1. The van der Waals surface area contributed by atoms with E-state index < -0.39 is 6.04 Å². The Morgan fingerprint density at radius 1 is 1.21 bits per heavy atom. The van der Waals surface area contributed by atoms with E-state index in [1.165, 1.54) is 0 Å². The minimum Gasteiger partial charge on any atom is -0.353 e. The molecule has 2 aromatic rings. The molecule has 1 atom stereocenters. The fourth-order valence-electron chi connectivity index (χ4n) is 2.07. The number of benzene rings is 1. The highest BCUT2D eigenvalue weighted by Gasteiger charge is 2.29. The van der Waals surface area contributed by atoms with Crippen molar-refractivity contribution in [3.8, 4) is 0 Å². The molecule has 1 aromatic carbocycles. The predicted octanol–water partition coefficient (Wildman–Crippen LogP) is 2.54. The summed E-state index contributed by atoms with van der Waals surface area (Å²) in [5, 5.41) is 6.07. The summed E-state index contributed by atoms with van der Waals surface area (Å²) in [6.45, 7) is 1.77. The second-order valence-corrected chi connectivity index (χ2v) is 4.62. The van der Waals surface area contributed by atoms with E-state index in [1.807, 2.05) is 30.3 Å². The molecule has 5 nitrogen and oxygen atoms in total. The maximum absolute atomic E-state index is 12.1. The summed E-state index contributed by atoms with van der Waals surface area (Å²) < 4.78 is 0. The largest absolute Gasteiger partial charge is 0.353 e. The number of nitrogens with zero attached hydrogens (tertiary/aromatic N) is 2. The van der Waals surface area contributed by atoms with E-state index in [2.05, 4.69) is 20.6 Å². The van der Waals surface area contributed by atoms with Gasteiger partial charge in [-0.2, -0.15) is 4.98 Å². The second kappa shape index (κ2) is 4.51. The van der Waals surface area contributed by atoms with Gasteiger partial charge in [0.05, 0.1) is 5.69 Å². The number of nitrogens with one attached hydrogen (secondary N) is 2. The van der Waals surface area contributed by atoms with Gasteiger partial charge in [-0.3, -0.25) is 4.79 Å². The number of amides is 1. The number of aromatic nitrogens is 2. The molecule has 0 bridgehead atoms. The molecule has 0 saturated heterocycles. The lowest BCUT2D eigenvalue weighted by molar-refractivity contribution is -0.117. The molecule has 1 aromatic heterocycles. The zero-order chi connectivity index (χ0) is 13.4. The lowest BCUT2D eigenvalue weighted by Gasteiger charge is -2.26. The van der Waals surface area contributed by atoms with Crippen molar-refractivity contribution in [1.29, 1.82) is 0 Å². The van der Waals surface area contributed by atoms with Crippen LogP contribution >= 0.6 is 11.6 Å². The molecule has 1 unspecified atom stereocenters. The molecule has 1 aliphatic rings. The Hall–Kier alpha value is -2.14. The van der Waals surface area contributed by atoms with Gasteiger partial charge in [0.15, 0.2) is 5.82 Å². The van der Waals surface area contributed by atoms with Crippen molar-refractivity contribution in [3.05, 3.63) is 46.9 Å². The highest BCUT2D eigenvalue weighted by Crippen LogP contribution is 2.33. The van der Waals surface area contributed by atoms with E-state index in [1.54, 1.807) is 6.92 Å². The highest BCUT2D eigenvalue weighted by molar-refractivity contribution is 6.28. The number of aryl methyl sites for hydroxylation is 1. The van der Waals surface area contributed by atoms with Gasteiger partial charge in [0.1, 0.15) is 11.7 Å². The minimum absolute atomic E-state index is 0.132. The third-order valence-corrected chi connectivity index (χ3v) is 3.16. The molecule has 1 amide bonds. The van der Waals surface area contributed by atoms with Crippen LogP contribution in [0.25, 0.3) is 0 Å². The van der Waals surface area contributed by atoms with Gasteiger partial charge in [-0.1, -0.05) is 30.3 Å². The lowest BCUT2D eigenvalue weighted by atomic mass is 10.0. The smallest absolute Gasteiger partial charge is 0.251 e. The standard InChI is InChI=1S/C13H11ClN4O/c1-7-9-11(18-13(14)15-7)16-10(12(19)17-9)8-5-3-2-4-6-8/h2-6,10H,1H3,(H,17,19)(H,15,16,18). The van der Waals surface area contributed by atoms with E-state index in [-0.39, 0.29) is 11.2 Å². The molecule has 0 saturated carbocycles. The molecule has 3 rings (SSSR count). The van der Waals surface area contributed by atoms with Crippen molar-refractivity contribution in [2.24, 2.45) is 0 Å². The first kappa shape index (κ1) is 11.9. The number of hydrogen-bond donors (Lipinski definition) is 2. The Morgan fingerprint density at radius 2 is 1.95 bits per heavy atom. The molecule has 96 valence electrons. The first-order valence-electron chi connectivity index (χ1n) is 5.81. The van der Waals surface area contributed by atoms with Gasteiger partial charge in [0, 0.05) is 0 Å². The average molecular weight is 275 g/mol. The quantitative estimate of drug-likeness (QED) is 0.784. The molecule has 2 N–H and O–H groups in total. The van der Waals surface area contributed by atoms with Crippen molar-refractivity contribution in [2.45, 2.75) is 13.0 Å². The maximum atomic E-state index is 12.1. The van der Waals surface area contributed by atoms with Gasteiger partial charge in [-0.25, -0.2) is 4.98 Å². The maximum Gasteiger partial charge on any atom is 0.251 e. The van der Waals surface area contributed by atoms with Crippen LogP contribution in [0.2, 0.25) is 5.28 Å². The monoisotopic (exact) mass is 274 g/mol. The summed E-state index contributed by atoms with van der Waals surface area (Å²) in [6.07, 6.45) is 0. The van der Waals surface area contributed by atoms with Crippen LogP contribution in [0, 0.1) is 6.92 Å². The molecule has 0 aliphatic carbocycles. The zero-order valence-electron chi connectivity index (χ0n) is 10.1. The Labute approximate surface area is 115 Å². The van der Waals surface area contributed by atoms with Crippen molar-refractivity contribution in [2.75, 3.05) is 10.6 Å². The van der Waals surface area contributed by atoms with E-state index in [0.29, 0.717) is 17.2 Å². The molecular formula is C13H11ClN4O. The van der Waals surface area contributed by atoms with Crippen molar-refractivity contribution in [1.82, 2.24) is 9.97 Å². The van der Waals surface area contributed by atoms with Crippen LogP contribution in [0.3, 0.4) is 0 Å². The van der Waals surface area contributed by atoms with Crippen LogP contribution in [0.5, 0.6) is 0 Å². The first-order valence-corrected chi connectivity index (χ1v) is 6.19. The van der Waals surface area contributed by atoms with Gasteiger partial charge in [-0.05, 0) is 24.1 Å². The van der Waals surface area contributed by atoms with E-state index in [9.17, 15) is 4.79 Å². The number of fused-ring (bicyclic) bond motifs is 1. The lowest BCUT2D eigenvalue weighted by Crippen LogP contribution is -2.33. The number of anilines is 2. The Kier molecular flexibility index (Phi) is 2.83. The molecular weight excluding hydrogens is 264 g/mol. The van der Waals surface area contributed by atoms with Crippen LogP contribution in [0.15, 0.2) is 30.3 Å². The van der Waals surface area contributed by atoms with Gasteiger partial charge in [-0.15, -0.1) is 0 Å². The van der Waals surface area contributed by atoms with E-state index in [4.69, 9.17) is 11.6 Å².